The van der Waals surface area contributed by atoms with Crippen molar-refractivity contribution in [1.82, 2.24) is 10.3 Å². The zero-order valence-corrected chi connectivity index (χ0v) is 14.5. The largest absolute Gasteiger partial charge is 0.490 e. The monoisotopic (exact) mass is 360 g/mol. The number of hydrogen-bond acceptors (Lipinski definition) is 4. The second-order valence-corrected chi connectivity index (χ2v) is 7.61. The van der Waals surface area contributed by atoms with Gasteiger partial charge in [-0.25, -0.2) is 8.42 Å². The molecule has 1 fully saturated rings. The molecule has 7 heteroatoms. The van der Waals surface area contributed by atoms with E-state index in [0.717, 1.165) is 25.7 Å². The Balaban J connectivity index is 1.63. The molecular formula is C18H20N2O4S. The van der Waals surface area contributed by atoms with Gasteiger partial charge in [0.2, 0.25) is 0 Å². The summed E-state index contributed by atoms with van der Waals surface area (Å²) in [5.74, 6) is 0.0712. The third-order valence-electron chi connectivity index (χ3n) is 4.05. The van der Waals surface area contributed by atoms with E-state index in [2.05, 4.69) is 10.3 Å². The quantitative estimate of drug-likeness (QED) is 0.776. The van der Waals surface area contributed by atoms with E-state index in [-0.39, 0.29) is 11.0 Å². The van der Waals surface area contributed by atoms with E-state index in [0.29, 0.717) is 11.3 Å². The summed E-state index contributed by atoms with van der Waals surface area (Å²) >= 11 is 0. The van der Waals surface area contributed by atoms with Crippen LogP contribution in [0, 0.1) is 0 Å². The van der Waals surface area contributed by atoms with Gasteiger partial charge in [-0.2, -0.15) is 0 Å². The summed E-state index contributed by atoms with van der Waals surface area (Å²) in [5, 5.41) is 0. The third-order valence-corrected chi connectivity index (χ3v) is 5.32. The van der Waals surface area contributed by atoms with Crippen molar-refractivity contribution >= 4 is 15.9 Å². The zero-order chi connectivity index (χ0) is 17.7. The summed E-state index contributed by atoms with van der Waals surface area (Å²) in [5.41, 5.74) is 2.55. The van der Waals surface area contributed by atoms with Crippen LogP contribution in [0.1, 0.15) is 36.0 Å². The maximum absolute atomic E-state index is 12.2. The number of hydrogen-bond donors (Lipinski definition) is 2. The molecule has 0 heterocycles. The van der Waals surface area contributed by atoms with E-state index in [1.165, 1.54) is 12.1 Å². The number of nitrogens with one attached hydrogen (secondary N) is 2. The fourth-order valence-corrected chi connectivity index (χ4v) is 3.61. The van der Waals surface area contributed by atoms with Crippen LogP contribution in [0.25, 0.3) is 0 Å². The van der Waals surface area contributed by atoms with Gasteiger partial charge in [-0.05, 0) is 56.0 Å². The maximum Gasteiger partial charge on any atom is 0.266 e. The Kier molecular flexibility index (Phi) is 5.35. The molecule has 132 valence electrons. The van der Waals surface area contributed by atoms with Crippen LogP contribution in [-0.2, 0) is 10.0 Å². The van der Waals surface area contributed by atoms with Crippen molar-refractivity contribution in [3.8, 4) is 5.75 Å². The van der Waals surface area contributed by atoms with Gasteiger partial charge in [0.05, 0.1) is 11.0 Å². The highest BCUT2D eigenvalue weighted by Crippen LogP contribution is 2.24. The Morgan fingerprint density at radius 2 is 1.72 bits per heavy atom. The van der Waals surface area contributed by atoms with Crippen molar-refractivity contribution in [3.63, 3.8) is 0 Å². The first-order chi connectivity index (χ1) is 12.0. The fraction of sp³-hybridized carbons (Fsp3) is 0.278. The number of benzene rings is 2. The van der Waals surface area contributed by atoms with Crippen LogP contribution < -0.4 is 15.0 Å². The predicted molar refractivity (Wildman–Crippen MR) is 93.6 cm³/mol. The van der Waals surface area contributed by atoms with Crippen molar-refractivity contribution in [3.05, 3.63) is 60.2 Å². The number of amides is 1. The van der Waals surface area contributed by atoms with E-state index in [9.17, 15) is 13.2 Å². The molecule has 0 radical (unpaired) electrons. The summed E-state index contributed by atoms with van der Waals surface area (Å²) < 4.78 is 30.1. The summed E-state index contributed by atoms with van der Waals surface area (Å²) in [6.07, 6.45) is 4.55. The lowest BCUT2D eigenvalue weighted by atomic mass is 10.2. The minimum Gasteiger partial charge on any atom is -0.490 e. The average molecular weight is 360 g/mol. The smallest absolute Gasteiger partial charge is 0.266 e. The van der Waals surface area contributed by atoms with Crippen molar-refractivity contribution in [2.75, 3.05) is 0 Å². The molecule has 3 rings (SSSR count). The van der Waals surface area contributed by atoms with Crippen LogP contribution in [0.2, 0.25) is 0 Å². The molecular weight excluding hydrogens is 340 g/mol. The van der Waals surface area contributed by atoms with Gasteiger partial charge in [-0.15, -0.1) is 4.83 Å². The number of carbonyl (C=O) groups excluding carboxylic acids is 1. The lowest BCUT2D eigenvalue weighted by Gasteiger charge is -2.14. The molecule has 0 spiro atoms. The Morgan fingerprint density at radius 1 is 1.00 bits per heavy atom. The van der Waals surface area contributed by atoms with Crippen LogP contribution in [0.5, 0.6) is 5.75 Å². The average Bonchev–Trinajstić information content (AvgIpc) is 3.14. The van der Waals surface area contributed by atoms with Gasteiger partial charge < -0.3 is 4.74 Å². The van der Waals surface area contributed by atoms with Gasteiger partial charge in [0.15, 0.2) is 0 Å². The zero-order valence-electron chi connectivity index (χ0n) is 13.6. The lowest BCUT2D eigenvalue weighted by Crippen LogP contribution is -2.41. The normalized spacial score (nSPS) is 15.0. The summed E-state index contributed by atoms with van der Waals surface area (Å²) in [4.78, 5) is 14.4. The highest BCUT2D eigenvalue weighted by molar-refractivity contribution is 7.89. The molecule has 0 unspecified atom stereocenters. The second-order valence-electron chi connectivity index (χ2n) is 5.92. The molecule has 0 bridgehead atoms. The van der Waals surface area contributed by atoms with Gasteiger partial charge in [0.25, 0.3) is 15.9 Å². The molecule has 1 saturated carbocycles. The van der Waals surface area contributed by atoms with Crippen LogP contribution in [-0.4, -0.2) is 20.4 Å². The molecule has 0 aliphatic heterocycles. The molecule has 25 heavy (non-hydrogen) atoms. The van der Waals surface area contributed by atoms with Crippen molar-refractivity contribution in [2.24, 2.45) is 0 Å². The van der Waals surface area contributed by atoms with Gasteiger partial charge in [0.1, 0.15) is 5.75 Å². The van der Waals surface area contributed by atoms with Crippen LogP contribution in [0.3, 0.4) is 0 Å². The summed E-state index contributed by atoms with van der Waals surface area (Å²) in [6.45, 7) is 0. The van der Waals surface area contributed by atoms with E-state index in [1.54, 1.807) is 42.5 Å². The summed E-state index contributed by atoms with van der Waals surface area (Å²) in [7, 11) is -3.81. The maximum atomic E-state index is 12.2. The van der Waals surface area contributed by atoms with Gasteiger partial charge in [0, 0.05) is 5.56 Å². The molecule has 2 N–H and O–H groups in total. The number of sulfonamides is 1. The number of hydrazine groups is 1. The van der Waals surface area contributed by atoms with E-state index >= 15 is 0 Å². The highest BCUT2D eigenvalue weighted by atomic mass is 32.2. The molecule has 1 aliphatic carbocycles. The molecule has 1 aliphatic rings. The number of rotatable bonds is 6. The standard InChI is InChI=1S/C18H20N2O4S/c21-18(19-20-25(22,23)17-11-2-1-3-12-17)14-7-6-10-16(13-14)24-15-8-4-5-9-15/h1-3,6-7,10-13,15,20H,4-5,8-9H2,(H,19,21). The minimum absolute atomic E-state index is 0.0774. The first kappa shape index (κ1) is 17.4. The molecule has 6 nitrogen and oxygen atoms in total. The van der Waals surface area contributed by atoms with Gasteiger partial charge >= 0.3 is 0 Å². The predicted octanol–water partition coefficient (Wildman–Crippen LogP) is 2.63. The first-order valence-electron chi connectivity index (χ1n) is 8.18. The van der Waals surface area contributed by atoms with Crippen molar-refractivity contribution in [1.29, 1.82) is 0 Å². The first-order valence-corrected chi connectivity index (χ1v) is 9.67. The number of carbonyl (C=O) groups is 1. The Morgan fingerprint density at radius 3 is 2.44 bits per heavy atom. The van der Waals surface area contributed by atoms with E-state index in [1.807, 2.05) is 0 Å². The topological polar surface area (TPSA) is 84.5 Å². The molecule has 2 aromatic rings. The van der Waals surface area contributed by atoms with Crippen molar-refractivity contribution in [2.45, 2.75) is 36.7 Å². The SMILES string of the molecule is O=C(NNS(=O)(=O)c1ccccc1)c1cccc(OC2CCCC2)c1. The lowest BCUT2D eigenvalue weighted by molar-refractivity contribution is 0.0944. The fourth-order valence-electron chi connectivity index (χ4n) is 2.75. The van der Waals surface area contributed by atoms with Crippen LogP contribution in [0.4, 0.5) is 0 Å². The summed E-state index contributed by atoms with van der Waals surface area (Å²) in [6, 6.07) is 14.6. The Bertz CT molecular complexity index is 831. The molecule has 0 aromatic heterocycles. The van der Waals surface area contributed by atoms with E-state index in [4.69, 9.17) is 4.74 Å². The molecule has 2 aromatic carbocycles. The van der Waals surface area contributed by atoms with Gasteiger partial charge in [-0.3, -0.25) is 10.2 Å². The van der Waals surface area contributed by atoms with Crippen LogP contribution >= 0.6 is 0 Å². The van der Waals surface area contributed by atoms with E-state index < -0.39 is 15.9 Å². The van der Waals surface area contributed by atoms with Crippen molar-refractivity contribution < 1.29 is 17.9 Å². The second kappa shape index (κ2) is 7.67. The minimum atomic E-state index is -3.81. The molecule has 0 atom stereocenters. The van der Waals surface area contributed by atoms with Crippen LogP contribution in [0.15, 0.2) is 59.5 Å². The van der Waals surface area contributed by atoms with Gasteiger partial charge in [-0.1, -0.05) is 24.3 Å². The Hall–Kier alpha value is -2.38. The highest BCUT2D eigenvalue weighted by Gasteiger charge is 2.18. The third kappa shape index (κ3) is 4.58. The molecule has 1 amide bonds. The number of ether oxygens (including phenoxy) is 1. The Labute approximate surface area is 147 Å². The molecule has 0 saturated heterocycles.